The summed E-state index contributed by atoms with van der Waals surface area (Å²) in [7, 11) is -2.76. The molecule has 3 amide bonds. The molecule has 0 fully saturated rings. The van der Waals surface area contributed by atoms with Gasteiger partial charge in [-0.25, -0.2) is 13.1 Å². The summed E-state index contributed by atoms with van der Waals surface area (Å²) in [6.07, 6.45) is 3.93. The lowest BCUT2D eigenvalue weighted by molar-refractivity contribution is -0.133. The molecule has 2 heterocycles. The van der Waals surface area contributed by atoms with Crippen molar-refractivity contribution in [1.82, 2.24) is 19.1 Å². The smallest absolute Gasteiger partial charge is 0.281 e. The van der Waals surface area contributed by atoms with E-state index in [4.69, 9.17) is 21.1 Å². The van der Waals surface area contributed by atoms with Crippen molar-refractivity contribution in [3.8, 4) is 11.5 Å². The predicted molar refractivity (Wildman–Crippen MR) is 211 cm³/mol. The zero-order valence-corrected chi connectivity index (χ0v) is 33.6. The van der Waals surface area contributed by atoms with Crippen molar-refractivity contribution in [2.24, 2.45) is 5.92 Å². The summed E-state index contributed by atoms with van der Waals surface area (Å²) in [5.41, 5.74) is 2.84. The second-order valence-electron chi connectivity index (χ2n) is 14.4. The van der Waals surface area contributed by atoms with Crippen molar-refractivity contribution in [2.75, 3.05) is 33.4 Å². The Morgan fingerprint density at radius 1 is 0.981 bits per heavy atom. The number of nitrogens with zero attached hydrogens (tertiary/aromatic N) is 3. The summed E-state index contributed by atoms with van der Waals surface area (Å²) in [6, 6.07) is 16.7. The van der Waals surface area contributed by atoms with Crippen LogP contribution in [0, 0.1) is 19.8 Å². The van der Waals surface area contributed by atoms with Crippen LogP contribution in [0.15, 0.2) is 65.6 Å². The molecule has 0 saturated carbocycles. The molecule has 1 aromatic heterocycles. The molecule has 0 spiro atoms. The number of aryl methyl sites for hydroxylation is 3. The second kappa shape index (κ2) is 17.7. The fraction of sp³-hybridized carbons (Fsp3) is 0.439. The Kier molecular flexibility index (Phi) is 13.3. The first-order valence-electron chi connectivity index (χ1n) is 18.5. The maximum absolute atomic E-state index is 13.9. The summed E-state index contributed by atoms with van der Waals surface area (Å²) in [4.78, 5) is 43.4. The van der Waals surface area contributed by atoms with Crippen LogP contribution < -0.4 is 14.2 Å². The minimum Gasteiger partial charge on any atom is -0.494 e. The van der Waals surface area contributed by atoms with Crippen LogP contribution in [0.5, 0.6) is 11.5 Å². The minimum absolute atomic E-state index is 0.0481. The lowest BCUT2D eigenvalue weighted by Gasteiger charge is -2.34. The Hall–Kier alpha value is -4.55. The Bertz CT molecular complexity index is 2090. The van der Waals surface area contributed by atoms with Gasteiger partial charge in [0.05, 0.1) is 23.1 Å². The van der Waals surface area contributed by atoms with Crippen LogP contribution >= 0.6 is 11.6 Å². The van der Waals surface area contributed by atoms with Crippen molar-refractivity contribution < 1.29 is 32.3 Å². The summed E-state index contributed by atoms with van der Waals surface area (Å²) in [5, 5.41) is 1.48. The van der Waals surface area contributed by atoms with Gasteiger partial charge in [-0.15, -0.1) is 0 Å². The number of carbonyl (C=O) groups excluding carboxylic acids is 3. The minimum atomic E-state index is -4.44. The van der Waals surface area contributed by atoms with Gasteiger partial charge in [0.15, 0.2) is 0 Å². The van der Waals surface area contributed by atoms with Gasteiger partial charge in [0.25, 0.3) is 21.8 Å². The number of fused-ring (bicyclic) bond motifs is 2. The number of nitrogens with one attached hydrogen (secondary N) is 1. The van der Waals surface area contributed by atoms with Crippen LogP contribution in [-0.2, 0) is 21.4 Å². The first-order chi connectivity index (χ1) is 25.7. The van der Waals surface area contributed by atoms with Gasteiger partial charge in [0.1, 0.15) is 23.8 Å². The van der Waals surface area contributed by atoms with E-state index in [-0.39, 0.29) is 46.4 Å². The van der Waals surface area contributed by atoms with Crippen LogP contribution in [0.1, 0.15) is 84.8 Å². The van der Waals surface area contributed by atoms with Gasteiger partial charge in [-0.3, -0.25) is 14.4 Å². The number of rotatable bonds is 9. The third-order valence-corrected chi connectivity index (χ3v) is 11.9. The third-order valence-electron chi connectivity index (χ3n) is 9.94. The van der Waals surface area contributed by atoms with Crippen LogP contribution in [0.2, 0.25) is 5.02 Å². The fourth-order valence-electron chi connectivity index (χ4n) is 6.91. The number of halogens is 1. The number of para-hydroxylation sites is 1. The average molecular weight is 779 g/mol. The molecule has 54 heavy (non-hydrogen) atoms. The van der Waals surface area contributed by atoms with E-state index in [1.807, 2.05) is 69.0 Å². The van der Waals surface area contributed by atoms with E-state index < -0.39 is 21.8 Å². The Balaban J connectivity index is 1.39. The number of sulfonamides is 1. The standard InChI is InChI=1S/C41H51ClN4O7S/c1-27(2)37-26-53-38-17-16-33(25-34(38)41(49)44(6)18-11-7-8-12-19-45(37)30(5)47)54(50,51)43-40(48)36-24-31-14-9-10-15-35(31)46(36)20-13-21-52-32-22-28(3)39(42)29(4)23-32/h9-10,14-17,22-25,27,37H,7-8,11-13,18-21,26H2,1-6H3,(H,43,48)/t37-/m1/s1. The lowest BCUT2D eigenvalue weighted by Crippen LogP contribution is -2.46. The molecule has 5 rings (SSSR count). The summed E-state index contributed by atoms with van der Waals surface area (Å²) in [6.45, 7) is 11.4. The molecule has 0 bridgehead atoms. The monoisotopic (exact) mass is 778 g/mol. The summed E-state index contributed by atoms with van der Waals surface area (Å²) < 4.78 is 43.9. The van der Waals surface area contributed by atoms with Crippen molar-refractivity contribution in [1.29, 1.82) is 0 Å². The molecule has 3 aromatic carbocycles. The predicted octanol–water partition coefficient (Wildman–Crippen LogP) is 7.40. The van der Waals surface area contributed by atoms with Crippen LogP contribution in [0.25, 0.3) is 10.9 Å². The molecule has 1 aliphatic heterocycles. The molecule has 1 atom stereocenters. The van der Waals surface area contributed by atoms with Gasteiger partial charge in [-0.2, -0.15) is 0 Å². The van der Waals surface area contributed by atoms with E-state index in [1.165, 1.54) is 18.2 Å². The molecule has 1 N–H and O–H groups in total. The highest BCUT2D eigenvalue weighted by Gasteiger charge is 2.29. The van der Waals surface area contributed by atoms with Crippen molar-refractivity contribution in [3.05, 3.63) is 88.1 Å². The van der Waals surface area contributed by atoms with Gasteiger partial charge in [0.2, 0.25) is 5.91 Å². The number of carbonyl (C=O) groups is 3. The van der Waals surface area contributed by atoms with Crippen molar-refractivity contribution in [2.45, 2.75) is 84.2 Å². The molecule has 11 nitrogen and oxygen atoms in total. The normalized spacial score (nSPS) is 16.1. The van der Waals surface area contributed by atoms with E-state index in [1.54, 1.807) is 29.5 Å². The number of amides is 3. The maximum Gasteiger partial charge on any atom is 0.281 e. The summed E-state index contributed by atoms with van der Waals surface area (Å²) >= 11 is 6.31. The zero-order valence-electron chi connectivity index (χ0n) is 32.0. The molecule has 0 unspecified atom stereocenters. The molecule has 0 radical (unpaired) electrons. The van der Waals surface area contributed by atoms with Crippen molar-refractivity contribution >= 4 is 50.2 Å². The number of aromatic nitrogens is 1. The maximum atomic E-state index is 13.9. The number of ether oxygens (including phenoxy) is 2. The number of hydrogen-bond acceptors (Lipinski definition) is 7. The Morgan fingerprint density at radius 2 is 1.67 bits per heavy atom. The third kappa shape index (κ3) is 9.57. The average Bonchev–Trinajstić information content (AvgIpc) is 3.50. The van der Waals surface area contributed by atoms with Crippen LogP contribution in [0.4, 0.5) is 0 Å². The Morgan fingerprint density at radius 3 is 2.35 bits per heavy atom. The Labute approximate surface area is 323 Å². The van der Waals surface area contributed by atoms with Gasteiger partial charge < -0.3 is 23.8 Å². The van der Waals surface area contributed by atoms with Crippen LogP contribution in [-0.4, -0.2) is 79.9 Å². The van der Waals surface area contributed by atoms with Gasteiger partial charge in [-0.1, -0.05) is 56.5 Å². The first-order valence-corrected chi connectivity index (χ1v) is 20.4. The number of benzene rings is 3. The van der Waals surface area contributed by atoms with E-state index in [0.717, 1.165) is 47.7 Å². The van der Waals surface area contributed by atoms with Gasteiger partial charge >= 0.3 is 0 Å². The van der Waals surface area contributed by atoms with Crippen LogP contribution in [0.3, 0.4) is 0 Å². The van der Waals surface area contributed by atoms with E-state index in [0.29, 0.717) is 43.4 Å². The lowest BCUT2D eigenvalue weighted by atomic mass is 10.0. The molecule has 1 aliphatic rings. The highest BCUT2D eigenvalue weighted by Crippen LogP contribution is 2.28. The molecule has 4 aromatic rings. The van der Waals surface area contributed by atoms with E-state index in [9.17, 15) is 22.8 Å². The highest BCUT2D eigenvalue weighted by atomic mass is 35.5. The molecular weight excluding hydrogens is 728 g/mol. The zero-order chi connectivity index (χ0) is 39.2. The quantitative estimate of drug-likeness (QED) is 0.176. The fourth-order valence-corrected chi connectivity index (χ4v) is 8.01. The van der Waals surface area contributed by atoms with Gasteiger partial charge in [-0.05, 0) is 92.6 Å². The highest BCUT2D eigenvalue weighted by molar-refractivity contribution is 7.90. The number of hydrogen-bond donors (Lipinski definition) is 1. The van der Waals surface area contributed by atoms with E-state index >= 15 is 0 Å². The SMILES string of the molecule is CC(=O)N1CCCCCCN(C)C(=O)c2cc(S(=O)(=O)NC(=O)c3cc4ccccc4n3CCCOc3cc(C)c(Cl)c(C)c3)ccc2OC[C@@H]1C(C)C. The van der Waals surface area contributed by atoms with E-state index in [2.05, 4.69) is 4.72 Å². The molecule has 13 heteroatoms. The largest absolute Gasteiger partial charge is 0.494 e. The topological polar surface area (TPSA) is 127 Å². The molecular formula is C41H51ClN4O7S. The summed E-state index contributed by atoms with van der Waals surface area (Å²) in [5.74, 6) is -0.286. The molecule has 0 aliphatic carbocycles. The van der Waals surface area contributed by atoms with Gasteiger partial charge in [0, 0.05) is 49.5 Å². The molecule has 290 valence electrons. The molecule has 0 saturated heterocycles. The second-order valence-corrected chi connectivity index (χ2v) is 16.4. The first kappa shape index (κ1) is 40.6. The van der Waals surface area contributed by atoms with Crippen molar-refractivity contribution in [3.63, 3.8) is 0 Å².